The second-order valence-electron chi connectivity index (χ2n) is 4.04. The van der Waals surface area contributed by atoms with Crippen molar-refractivity contribution in [3.63, 3.8) is 0 Å². The van der Waals surface area contributed by atoms with E-state index < -0.39 is 0 Å². The molecule has 0 aliphatic carbocycles. The van der Waals surface area contributed by atoms with Crippen molar-refractivity contribution in [3.8, 4) is 0 Å². The van der Waals surface area contributed by atoms with E-state index in [4.69, 9.17) is 0 Å². The van der Waals surface area contributed by atoms with Crippen LogP contribution in [0.1, 0.15) is 29.2 Å². The Bertz CT molecular complexity index is 496. The molecule has 0 spiro atoms. The van der Waals surface area contributed by atoms with E-state index >= 15 is 0 Å². The maximum absolute atomic E-state index is 13.1. The van der Waals surface area contributed by atoms with E-state index in [0.29, 0.717) is 0 Å². The van der Waals surface area contributed by atoms with Crippen LogP contribution in [-0.2, 0) is 6.54 Å². The number of thiazole rings is 1. The number of rotatable bonds is 4. The fourth-order valence-electron chi connectivity index (χ4n) is 1.62. The number of hydrogen-bond donors (Lipinski definition) is 1. The third kappa shape index (κ3) is 3.35. The van der Waals surface area contributed by atoms with Gasteiger partial charge in [0, 0.05) is 23.7 Å². The van der Waals surface area contributed by atoms with Gasteiger partial charge in [-0.15, -0.1) is 11.3 Å². The highest BCUT2D eigenvalue weighted by Gasteiger charge is 2.06. The van der Waals surface area contributed by atoms with Gasteiger partial charge in [-0.25, -0.2) is 9.37 Å². The number of hydrogen-bond acceptors (Lipinski definition) is 3. The molecule has 0 aliphatic heterocycles. The van der Waals surface area contributed by atoms with E-state index in [1.54, 1.807) is 23.5 Å². The lowest BCUT2D eigenvalue weighted by Gasteiger charge is -2.13. The van der Waals surface area contributed by atoms with E-state index in [1.165, 1.54) is 6.07 Å². The Balaban J connectivity index is 1.95. The van der Waals surface area contributed by atoms with Gasteiger partial charge in [0.2, 0.25) is 0 Å². The molecule has 0 unspecified atom stereocenters. The van der Waals surface area contributed by atoms with E-state index in [2.05, 4.69) is 10.3 Å². The Morgan fingerprint density at radius 2 is 2.29 bits per heavy atom. The molecule has 1 heterocycles. The highest BCUT2D eigenvalue weighted by Crippen LogP contribution is 2.15. The summed E-state index contributed by atoms with van der Waals surface area (Å²) < 4.78 is 13.1. The molecule has 0 aliphatic rings. The van der Waals surface area contributed by atoms with E-state index in [1.807, 2.05) is 25.3 Å². The van der Waals surface area contributed by atoms with E-state index in [9.17, 15) is 4.39 Å². The Labute approximate surface area is 105 Å². The topological polar surface area (TPSA) is 24.9 Å². The van der Waals surface area contributed by atoms with Crippen LogP contribution in [0.4, 0.5) is 4.39 Å². The summed E-state index contributed by atoms with van der Waals surface area (Å²) in [4.78, 5) is 4.38. The molecule has 1 N–H and O–H groups in total. The quantitative estimate of drug-likeness (QED) is 0.899. The summed E-state index contributed by atoms with van der Waals surface area (Å²) >= 11 is 1.64. The van der Waals surface area contributed by atoms with Crippen LogP contribution in [0.3, 0.4) is 0 Å². The van der Waals surface area contributed by atoms with Gasteiger partial charge in [0.25, 0.3) is 0 Å². The second kappa shape index (κ2) is 5.38. The van der Waals surface area contributed by atoms with Crippen molar-refractivity contribution in [2.24, 2.45) is 0 Å². The van der Waals surface area contributed by atoms with Crippen molar-refractivity contribution in [1.82, 2.24) is 10.3 Å². The predicted molar refractivity (Wildman–Crippen MR) is 68.5 cm³/mol. The van der Waals surface area contributed by atoms with Gasteiger partial charge in [-0.05, 0) is 31.5 Å². The number of nitrogens with zero attached hydrogens (tertiary/aromatic N) is 1. The van der Waals surface area contributed by atoms with Crippen LogP contribution in [0.25, 0.3) is 0 Å². The molecule has 1 aromatic heterocycles. The van der Waals surface area contributed by atoms with Crippen molar-refractivity contribution in [3.05, 3.63) is 51.7 Å². The van der Waals surface area contributed by atoms with Crippen molar-refractivity contribution in [1.29, 1.82) is 0 Å². The summed E-state index contributed by atoms with van der Waals surface area (Å²) in [7, 11) is 0. The van der Waals surface area contributed by atoms with Gasteiger partial charge >= 0.3 is 0 Å². The lowest BCUT2D eigenvalue weighted by atomic mass is 10.1. The van der Waals surface area contributed by atoms with Gasteiger partial charge in [0.05, 0.1) is 0 Å². The van der Waals surface area contributed by atoms with Gasteiger partial charge < -0.3 is 5.32 Å². The maximum atomic E-state index is 13.1. The maximum Gasteiger partial charge on any atom is 0.123 e. The molecule has 0 fully saturated rings. The molecule has 17 heavy (non-hydrogen) atoms. The lowest BCUT2D eigenvalue weighted by Crippen LogP contribution is -2.18. The zero-order chi connectivity index (χ0) is 12.3. The summed E-state index contributed by atoms with van der Waals surface area (Å²) in [5.74, 6) is -0.193. The first-order valence-corrected chi connectivity index (χ1v) is 6.43. The Morgan fingerprint density at radius 1 is 1.47 bits per heavy atom. The first kappa shape index (κ1) is 12.2. The molecule has 0 radical (unpaired) electrons. The molecule has 0 saturated carbocycles. The van der Waals surface area contributed by atoms with Gasteiger partial charge in [-0.2, -0.15) is 0 Å². The summed E-state index contributed by atoms with van der Waals surface area (Å²) in [6, 6.07) is 6.80. The third-order valence-electron chi connectivity index (χ3n) is 2.57. The van der Waals surface area contributed by atoms with Crippen molar-refractivity contribution >= 4 is 11.3 Å². The summed E-state index contributed by atoms with van der Waals surface area (Å²) in [6.07, 6.45) is 0. The minimum Gasteiger partial charge on any atom is -0.304 e. The van der Waals surface area contributed by atoms with Gasteiger partial charge in [-0.1, -0.05) is 12.1 Å². The largest absolute Gasteiger partial charge is 0.304 e. The van der Waals surface area contributed by atoms with Crippen molar-refractivity contribution < 1.29 is 4.39 Å². The molecular weight excluding hydrogens is 235 g/mol. The molecule has 2 nitrogen and oxygen atoms in total. The molecular formula is C13H15FN2S. The highest BCUT2D eigenvalue weighted by molar-refractivity contribution is 7.09. The average molecular weight is 250 g/mol. The summed E-state index contributed by atoms with van der Waals surface area (Å²) in [5, 5.41) is 6.43. The number of benzene rings is 1. The number of aromatic nitrogens is 1. The number of halogens is 1. The molecule has 2 rings (SSSR count). The average Bonchev–Trinajstić information content (AvgIpc) is 2.72. The summed E-state index contributed by atoms with van der Waals surface area (Å²) in [6.45, 7) is 4.72. The lowest BCUT2D eigenvalue weighted by molar-refractivity contribution is 0.563. The smallest absolute Gasteiger partial charge is 0.123 e. The standard InChI is InChI=1S/C13H15FN2S/c1-9-8-17-13(16-9)7-15-10(2)11-4-3-5-12(14)6-11/h3-6,8,10,15H,7H2,1-2H3/t10-/m0/s1. The van der Waals surface area contributed by atoms with Crippen molar-refractivity contribution in [2.45, 2.75) is 26.4 Å². The molecule has 1 atom stereocenters. The monoisotopic (exact) mass is 250 g/mol. The molecule has 0 saturated heterocycles. The Kier molecular flexibility index (Phi) is 3.86. The Morgan fingerprint density at radius 3 is 2.94 bits per heavy atom. The molecule has 90 valence electrons. The first-order chi connectivity index (χ1) is 8.15. The Hall–Kier alpha value is -1.26. The highest BCUT2D eigenvalue weighted by atomic mass is 32.1. The normalized spacial score (nSPS) is 12.6. The van der Waals surface area contributed by atoms with Crippen LogP contribution in [-0.4, -0.2) is 4.98 Å². The fraction of sp³-hybridized carbons (Fsp3) is 0.308. The van der Waals surface area contributed by atoms with Gasteiger partial charge in [0.15, 0.2) is 0 Å². The SMILES string of the molecule is Cc1csc(CN[C@@H](C)c2cccc(F)c2)n1. The number of nitrogens with one attached hydrogen (secondary N) is 1. The first-order valence-electron chi connectivity index (χ1n) is 5.55. The van der Waals surface area contributed by atoms with Crippen LogP contribution in [0, 0.1) is 12.7 Å². The predicted octanol–water partition coefficient (Wildman–Crippen LogP) is 3.44. The van der Waals surface area contributed by atoms with E-state index in [-0.39, 0.29) is 11.9 Å². The zero-order valence-electron chi connectivity index (χ0n) is 9.90. The molecule has 2 aromatic rings. The fourth-order valence-corrected chi connectivity index (χ4v) is 2.34. The van der Waals surface area contributed by atoms with Crippen LogP contribution >= 0.6 is 11.3 Å². The van der Waals surface area contributed by atoms with Crippen LogP contribution in [0.2, 0.25) is 0 Å². The third-order valence-corrected chi connectivity index (χ3v) is 3.54. The van der Waals surface area contributed by atoms with Crippen molar-refractivity contribution in [2.75, 3.05) is 0 Å². The molecule has 1 aromatic carbocycles. The van der Waals surface area contributed by atoms with Crippen LogP contribution in [0.15, 0.2) is 29.6 Å². The van der Waals surface area contributed by atoms with Crippen LogP contribution < -0.4 is 5.32 Å². The minimum absolute atomic E-state index is 0.120. The molecule has 0 amide bonds. The van der Waals surface area contributed by atoms with Crippen LogP contribution in [0.5, 0.6) is 0 Å². The van der Waals surface area contributed by atoms with E-state index in [0.717, 1.165) is 22.8 Å². The summed E-state index contributed by atoms with van der Waals surface area (Å²) in [5.41, 5.74) is 2.00. The minimum atomic E-state index is -0.193. The zero-order valence-corrected chi connectivity index (χ0v) is 10.7. The van der Waals surface area contributed by atoms with Gasteiger partial charge in [0.1, 0.15) is 10.8 Å². The number of aryl methyl sites for hydroxylation is 1. The van der Waals surface area contributed by atoms with Gasteiger partial charge in [-0.3, -0.25) is 0 Å². The molecule has 4 heteroatoms. The molecule has 0 bridgehead atoms. The second-order valence-corrected chi connectivity index (χ2v) is 4.98.